The van der Waals surface area contributed by atoms with Crippen LogP contribution in [0.15, 0.2) is 23.7 Å². The van der Waals surface area contributed by atoms with Crippen LogP contribution in [0, 0.1) is 0 Å². The number of carboxylic acids is 1. The van der Waals surface area contributed by atoms with E-state index in [2.05, 4.69) is 10.3 Å². The van der Waals surface area contributed by atoms with Gasteiger partial charge in [0.1, 0.15) is 0 Å². The molecule has 108 valence electrons. The van der Waals surface area contributed by atoms with E-state index in [-0.39, 0.29) is 17.3 Å². The molecule has 0 spiro atoms. The van der Waals surface area contributed by atoms with E-state index >= 15 is 0 Å². The Kier molecular flexibility index (Phi) is 3.70. The molecule has 2 heterocycles. The summed E-state index contributed by atoms with van der Waals surface area (Å²) in [6.45, 7) is 0. The smallest absolute Gasteiger partial charge is 0.356 e. The number of anilines is 1. The van der Waals surface area contributed by atoms with E-state index in [0.717, 1.165) is 24.8 Å². The van der Waals surface area contributed by atoms with E-state index in [4.69, 9.17) is 5.11 Å². The Balaban J connectivity index is 1.87. The fraction of sp³-hybridized carbons (Fsp3) is 0.267. The molecule has 0 atom stereocenters. The van der Waals surface area contributed by atoms with Gasteiger partial charge < -0.3 is 10.4 Å². The Morgan fingerprint density at radius 2 is 2.10 bits per heavy atom. The van der Waals surface area contributed by atoms with Crippen LogP contribution >= 0.6 is 11.3 Å². The van der Waals surface area contributed by atoms with Crippen molar-refractivity contribution in [1.29, 1.82) is 0 Å². The maximum absolute atomic E-state index is 12.4. The average Bonchev–Trinajstić information content (AvgIpc) is 2.91. The van der Waals surface area contributed by atoms with E-state index in [9.17, 15) is 9.59 Å². The first-order valence-electron chi connectivity index (χ1n) is 6.75. The minimum atomic E-state index is -1.15. The molecule has 1 amide bonds. The van der Waals surface area contributed by atoms with Gasteiger partial charge in [0.25, 0.3) is 5.91 Å². The molecule has 6 heteroatoms. The molecule has 0 fully saturated rings. The third-order valence-electron chi connectivity index (χ3n) is 3.56. The molecule has 5 nitrogen and oxygen atoms in total. The van der Waals surface area contributed by atoms with Crippen LogP contribution in [-0.2, 0) is 12.8 Å². The van der Waals surface area contributed by atoms with Crippen molar-refractivity contribution >= 4 is 28.9 Å². The highest BCUT2D eigenvalue weighted by Crippen LogP contribution is 2.30. The van der Waals surface area contributed by atoms with Gasteiger partial charge in [-0.05, 0) is 43.4 Å². The summed E-state index contributed by atoms with van der Waals surface area (Å²) in [7, 11) is 0. The van der Waals surface area contributed by atoms with Gasteiger partial charge in [-0.3, -0.25) is 4.79 Å². The largest absolute Gasteiger partial charge is 0.476 e. The third kappa shape index (κ3) is 2.67. The van der Waals surface area contributed by atoms with Crippen LogP contribution in [0.5, 0.6) is 0 Å². The zero-order valence-corrected chi connectivity index (χ0v) is 12.1. The minimum absolute atomic E-state index is 0.144. The first kappa shape index (κ1) is 13.8. The molecule has 0 unspecified atom stereocenters. The van der Waals surface area contributed by atoms with Gasteiger partial charge in [-0.1, -0.05) is 0 Å². The summed E-state index contributed by atoms with van der Waals surface area (Å²) < 4.78 is 0. The molecular formula is C15H14N2O3S. The number of rotatable bonds is 3. The van der Waals surface area contributed by atoms with Crippen LogP contribution in [-0.4, -0.2) is 22.0 Å². The SMILES string of the molecule is O=C(Nc1cccnc1C(=O)O)c1csc2c1CCCC2. The van der Waals surface area contributed by atoms with Crippen molar-refractivity contribution < 1.29 is 14.7 Å². The lowest BCUT2D eigenvalue weighted by atomic mass is 9.95. The van der Waals surface area contributed by atoms with E-state index in [0.29, 0.717) is 5.56 Å². The number of fused-ring (bicyclic) bond motifs is 1. The van der Waals surface area contributed by atoms with Crippen LogP contribution in [0.2, 0.25) is 0 Å². The number of hydrogen-bond donors (Lipinski definition) is 2. The van der Waals surface area contributed by atoms with E-state index in [1.807, 2.05) is 5.38 Å². The quantitative estimate of drug-likeness (QED) is 0.913. The van der Waals surface area contributed by atoms with Gasteiger partial charge in [0, 0.05) is 16.5 Å². The molecule has 0 aliphatic heterocycles. The Morgan fingerprint density at radius 1 is 1.29 bits per heavy atom. The molecule has 0 aromatic carbocycles. The molecule has 3 rings (SSSR count). The number of thiophene rings is 1. The summed E-state index contributed by atoms with van der Waals surface area (Å²) in [4.78, 5) is 28.6. The summed E-state index contributed by atoms with van der Waals surface area (Å²) in [6, 6.07) is 3.15. The highest BCUT2D eigenvalue weighted by atomic mass is 32.1. The van der Waals surface area contributed by atoms with Gasteiger partial charge in [0.05, 0.1) is 11.3 Å². The van der Waals surface area contributed by atoms with Crippen molar-refractivity contribution in [2.75, 3.05) is 5.32 Å². The van der Waals surface area contributed by atoms with Crippen molar-refractivity contribution in [2.24, 2.45) is 0 Å². The number of pyridine rings is 1. The summed E-state index contributed by atoms with van der Waals surface area (Å²) in [6.07, 6.45) is 5.60. The van der Waals surface area contributed by atoms with E-state index in [1.165, 1.54) is 17.5 Å². The third-order valence-corrected chi connectivity index (χ3v) is 4.65. The minimum Gasteiger partial charge on any atom is -0.476 e. The Hall–Kier alpha value is -2.21. The number of carbonyl (C=O) groups excluding carboxylic acids is 1. The molecule has 2 aromatic rings. The molecule has 0 radical (unpaired) electrons. The fourth-order valence-corrected chi connectivity index (χ4v) is 3.68. The van der Waals surface area contributed by atoms with Crippen LogP contribution < -0.4 is 5.32 Å². The average molecular weight is 302 g/mol. The maximum atomic E-state index is 12.4. The lowest BCUT2D eigenvalue weighted by Gasteiger charge is -2.13. The van der Waals surface area contributed by atoms with Gasteiger partial charge >= 0.3 is 5.97 Å². The zero-order valence-electron chi connectivity index (χ0n) is 11.3. The van der Waals surface area contributed by atoms with Gasteiger partial charge in [0.15, 0.2) is 5.69 Å². The van der Waals surface area contributed by atoms with Gasteiger partial charge in [0.2, 0.25) is 0 Å². The second-order valence-electron chi connectivity index (χ2n) is 4.92. The molecule has 2 aromatic heterocycles. The van der Waals surface area contributed by atoms with Crippen molar-refractivity contribution in [2.45, 2.75) is 25.7 Å². The number of amides is 1. The standard InChI is InChI=1S/C15H14N2O3S/c18-14(10-8-21-12-6-2-1-4-9(10)12)17-11-5-3-7-16-13(11)15(19)20/h3,5,7-8H,1-2,4,6H2,(H,17,18)(H,19,20). The summed E-state index contributed by atoms with van der Waals surface area (Å²) in [5.41, 5.74) is 1.86. The Bertz CT molecular complexity index is 709. The van der Waals surface area contributed by atoms with Crippen LogP contribution in [0.1, 0.15) is 44.1 Å². The second-order valence-corrected chi connectivity index (χ2v) is 5.88. The topological polar surface area (TPSA) is 79.3 Å². The predicted molar refractivity (Wildman–Crippen MR) is 80.1 cm³/mol. The highest BCUT2D eigenvalue weighted by Gasteiger charge is 2.21. The monoisotopic (exact) mass is 302 g/mol. The van der Waals surface area contributed by atoms with Crippen LogP contribution in [0.25, 0.3) is 0 Å². The molecule has 1 aliphatic carbocycles. The summed E-state index contributed by atoms with van der Waals surface area (Å²) in [5, 5.41) is 13.6. The molecule has 0 saturated heterocycles. The zero-order chi connectivity index (χ0) is 14.8. The first-order chi connectivity index (χ1) is 10.2. The van der Waals surface area contributed by atoms with Crippen molar-refractivity contribution in [3.05, 3.63) is 45.4 Å². The number of aromatic nitrogens is 1. The number of nitrogens with zero attached hydrogens (tertiary/aromatic N) is 1. The van der Waals surface area contributed by atoms with Gasteiger partial charge in [-0.25, -0.2) is 9.78 Å². The molecule has 1 aliphatic rings. The first-order valence-corrected chi connectivity index (χ1v) is 7.63. The van der Waals surface area contributed by atoms with E-state index < -0.39 is 5.97 Å². The second kappa shape index (κ2) is 5.65. The van der Waals surface area contributed by atoms with Crippen molar-refractivity contribution in [3.8, 4) is 0 Å². The predicted octanol–water partition coefficient (Wildman–Crippen LogP) is 2.97. The molecule has 0 saturated carbocycles. The van der Waals surface area contributed by atoms with E-state index in [1.54, 1.807) is 23.5 Å². The fourth-order valence-electron chi connectivity index (χ4n) is 2.55. The van der Waals surface area contributed by atoms with Crippen LogP contribution in [0.3, 0.4) is 0 Å². The number of carbonyl (C=O) groups is 2. The number of aryl methyl sites for hydroxylation is 1. The maximum Gasteiger partial charge on any atom is 0.356 e. The van der Waals surface area contributed by atoms with Crippen molar-refractivity contribution in [1.82, 2.24) is 4.98 Å². The Labute approximate surface area is 125 Å². The van der Waals surface area contributed by atoms with Gasteiger partial charge in [-0.2, -0.15) is 0 Å². The normalized spacial score (nSPS) is 13.5. The number of hydrogen-bond acceptors (Lipinski definition) is 4. The molecule has 0 bridgehead atoms. The molecule has 2 N–H and O–H groups in total. The lowest BCUT2D eigenvalue weighted by Crippen LogP contribution is -2.17. The summed E-state index contributed by atoms with van der Waals surface area (Å²) in [5.74, 6) is -1.41. The lowest BCUT2D eigenvalue weighted by molar-refractivity contribution is 0.0692. The highest BCUT2D eigenvalue weighted by molar-refractivity contribution is 7.10. The number of carboxylic acid groups (broad SMARTS) is 1. The van der Waals surface area contributed by atoms with Crippen LogP contribution in [0.4, 0.5) is 5.69 Å². The number of aromatic carboxylic acids is 1. The Morgan fingerprint density at radius 3 is 2.90 bits per heavy atom. The van der Waals surface area contributed by atoms with Gasteiger partial charge in [-0.15, -0.1) is 11.3 Å². The summed E-state index contributed by atoms with van der Waals surface area (Å²) >= 11 is 1.61. The van der Waals surface area contributed by atoms with Crippen molar-refractivity contribution in [3.63, 3.8) is 0 Å². The molecule has 21 heavy (non-hydrogen) atoms. The number of nitrogens with one attached hydrogen (secondary N) is 1. The molecular weight excluding hydrogens is 288 g/mol.